The normalized spacial score (nSPS) is 27.1. The van der Waals surface area contributed by atoms with E-state index in [1.165, 1.54) is 89.0 Å². The maximum atomic E-state index is 13.1. The van der Waals surface area contributed by atoms with E-state index >= 15 is 0 Å². The third kappa shape index (κ3) is 8.10. The molecule has 2 fully saturated rings. The van der Waals surface area contributed by atoms with Gasteiger partial charge in [-0.25, -0.2) is 0 Å². The number of halogens is 1. The highest BCUT2D eigenvalue weighted by Gasteiger charge is 2.23. The molecule has 2 aliphatic carbocycles. The number of benzene rings is 1. The largest absolute Gasteiger partial charge is 0.196 e. The average Bonchev–Trinajstić information content (AvgIpc) is 2.82. The van der Waals surface area contributed by atoms with Crippen LogP contribution in [0.1, 0.15) is 114 Å². The number of unbranched alkanes of at least 4 members (excludes halogenated alkanes) is 2. The van der Waals surface area contributed by atoms with Crippen LogP contribution < -0.4 is 0 Å². The Morgan fingerprint density at radius 2 is 1.48 bits per heavy atom. The molecule has 0 saturated heterocycles. The van der Waals surface area contributed by atoms with Crippen molar-refractivity contribution in [1.82, 2.24) is 0 Å². The maximum absolute atomic E-state index is 13.1. The SMILES string of the molecule is CCCCc1ccc([C@H]2CC[C@H](CCCC[C@H]3CC[C@H](C=C(F)C#N)CC3)CC2)cc1. The van der Waals surface area contributed by atoms with Crippen molar-refractivity contribution < 1.29 is 4.39 Å². The first kappa shape index (κ1) is 24.0. The van der Waals surface area contributed by atoms with Crippen LogP contribution in [0.3, 0.4) is 0 Å². The molecule has 2 aliphatic rings. The van der Waals surface area contributed by atoms with E-state index in [1.807, 2.05) is 0 Å². The lowest BCUT2D eigenvalue weighted by Gasteiger charge is -2.29. The highest BCUT2D eigenvalue weighted by Crippen LogP contribution is 2.38. The topological polar surface area (TPSA) is 23.8 Å². The molecule has 0 spiro atoms. The quantitative estimate of drug-likeness (QED) is 0.272. The Kier molecular flexibility index (Phi) is 10.1. The number of nitrogens with zero attached hydrogens (tertiary/aromatic N) is 1. The zero-order valence-corrected chi connectivity index (χ0v) is 19.6. The molecule has 0 heterocycles. The summed E-state index contributed by atoms with van der Waals surface area (Å²) in [5, 5.41) is 8.58. The van der Waals surface area contributed by atoms with Crippen molar-refractivity contribution in [2.75, 3.05) is 0 Å². The van der Waals surface area contributed by atoms with Crippen LogP contribution >= 0.6 is 0 Å². The van der Waals surface area contributed by atoms with Crippen molar-refractivity contribution >= 4 is 0 Å². The molecule has 0 amide bonds. The van der Waals surface area contributed by atoms with Gasteiger partial charge in [0, 0.05) is 0 Å². The van der Waals surface area contributed by atoms with Crippen molar-refractivity contribution in [3.8, 4) is 6.07 Å². The zero-order chi connectivity index (χ0) is 21.9. The molecular formula is C29H42FN. The molecule has 0 aliphatic heterocycles. The summed E-state index contributed by atoms with van der Waals surface area (Å²) in [6.07, 6.45) is 20.9. The molecule has 2 heteroatoms. The molecule has 0 aromatic heterocycles. The first-order chi connectivity index (χ1) is 15.2. The van der Waals surface area contributed by atoms with Crippen molar-refractivity contribution in [3.63, 3.8) is 0 Å². The molecule has 0 atom stereocenters. The van der Waals surface area contributed by atoms with E-state index in [9.17, 15) is 4.39 Å². The predicted octanol–water partition coefficient (Wildman–Crippen LogP) is 9.05. The lowest BCUT2D eigenvalue weighted by Crippen LogP contribution is -2.14. The third-order valence-electron chi connectivity index (χ3n) is 7.97. The van der Waals surface area contributed by atoms with E-state index in [1.54, 1.807) is 17.7 Å². The summed E-state index contributed by atoms with van der Waals surface area (Å²) in [5.74, 6) is 2.24. The highest BCUT2D eigenvalue weighted by atomic mass is 19.1. The van der Waals surface area contributed by atoms with Gasteiger partial charge in [0.2, 0.25) is 0 Å². The molecule has 1 aromatic carbocycles. The average molecular weight is 424 g/mol. The van der Waals surface area contributed by atoms with Gasteiger partial charge in [0.25, 0.3) is 0 Å². The number of hydrogen-bond donors (Lipinski definition) is 0. The molecule has 0 unspecified atom stereocenters. The van der Waals surface area contributed by atoms with Gasteiger partial charge in [-0.2, -0.15) is 9.65 Å². The van der Waals surface area contributed by atoms with E-state index < -0.39 is 5.83 Å². The van der Waals surface area contributed by atoms with Gasteiger partial charge >= 0.3 is 0 Å². The Bertz CT molecular complexity index is 697. The number of hydrogen-bond acceptors (Lipinski definition) is 1. The summed E-state index contributed by atoms with van der Waals surface area (Å²) in [5.41, 5.74) is 3.07. The second-order valence-electron chi connectivity index (χ2n) is 10.3. The fourth-order valence-electron chi connectivity index (χ4n) is 5.88. The van der Waals surface area contributed by atoms with Crippen LogP contribution in [0.25, 0.3) is 0 Å². The monoisotopic (exact) mass is 423 g/mol. The molecule has 0 radical (unpaired) electrons. The molecule has 0 N–H and O–H groups in total. The van der Waals surface area contributed by atoms with Crippen molar-refractivity contribution in [2.24, 2.45) is 17.8 Å². The van der Waals surface area contributed by atoms with E-state index in [2.05, 4.69) is 31.2 Å². The summed E-state index contributed by atoms with van der Waals surface area (Å²) in [4.78, 5) is 0. The van der Waals surface area contributed by atoms with Gasteiger partial charge < -0.3 is 0 Å². The first-order valence-corrected chi connectivity index (χ1v) is 13.0. The minimum atomic E-state index is -0.595. The number of allylic oxidation sites excluding steroid dienone is 2. The molecule has 170 valence electrons. The molecule has 0 bridgehead atoms. The van der Waals surface area contributed by atoms with E-state index in [0.29, 0.717) is 5.92 Å². The van der Waals surface area contributed by atoms with Crippen molar-refractivity contribution in [3.05, 3.63) is 47.3 Å². The fraction of sp³-hybridized carbons (Fsp3) is 0.690. The maximum Gasteiger partial charge on any atom is 0.196 e. The number of nitriles is 1. The van der Waals surface area contributed by atoms with Gasteiger partial charge in [0.15, 0.2) is 5.83 Å². The van der Waals surface area contributed by atoms with Gasteiger partial charge in [-0.15, -0.1) is 0 Å². The van der Waals surface area contributed by atoms with E-state index in [4.69, 9.17) is 5.26 Å². The van der Waals surface area contributed by atoms with Gasteiger partial charge in [-0.05, 0) is 105 Å². The lowest BCUT2D eigenvalue weighted by atomic mass is 9.76. The van der Waals surface area contributed by atoms with Gasteiger partial charge in [0.1, 0.15) is 6.07 Å². The second-order valence-corrected chi connectivity index (χ2v) is 10.3. The Balaban J connectivity index is 1.27. The van der Waals surface area contributed by atoms with Crippen molar-refractivity contribution in [1.29, 1.82) is 5.26 Å². The molecule has 1 aromatic rings. The van der Waals surface area contributed by atoms with Crippen LogP contribution in [0.15, 0.2) is 36.2 Å². The minimum Gasteiger partial charge on any atom is -0.195 e. The highest BCUT2D eigenvalue weighted by molar-refractivity contribution is 5.26. The summed E-state index contributed by atoms with van der Waals surface area (Å²) in [7, 11) is 0. The first-order valence-electron chi connectivity index (χ1n) is 13.0. The second kappa shape index (κ2) is 13.0. The van der Waals surface area contributed by atoms with Crippen molar-refractivity contribution in [2.45, 2.75) is 109 Å². The Morgan fingerprint density at radius 3 is 2.03 bits per heavy atom. The smallest absolute Gasteiger partial charge is 0.195 e. The molecule has 2 saturated carbocycles. The van der Waals surface area contributed by atoms with E-state index in [0.717, 1.165) is 30.6 Å². The molecular weight excluding hydrogens is 381 g/mol. The summed E-state index contributed by atoms with van der Waals surface area (Å²) in [6, 6.07) is 11.1. The van der Waals surface area contributed by atoms with Crippen LogP contribution in [-0.4, -0.2) is 0 Å². The van der Waals surface area contributed by atoms with Gasteiger partial charge in [-0.3, -0.25) is 0 Å². The molecule has 1 nitrogen and oxygen atoms in total. The summed E-state index contributed by atoms with van der Waals surface area (Å²) in [6.45, 7) is 2.26. The summed E-state index contributed by atoms with van der Waals surface area (Å²) >= 11 is 0. The van der Waals surface area contributed by atoms with Crippen LogP contribution in [0, 0.1) is 29.1 Å². The predicted molar refractivity (Wildman–Crippen MR) is 128 cm³/mol. The van der Waals surface area contributed by atoms with Gasteiger partial charge in [0.05, 0.1) is 0 Å². The van der Waals surface area contributed by atoms with Crippen LogP contribution in [0.2, 0.25) is 0 Å². The Morgan fingerprint density at radius 1 is 0.903 bits per heavy atom. The summed E-state index contributed by atoms with van der Waals surface area (Å²) < 4.78 is 13.1. The standard InChI is InChI=1S/C29H42FN/c1-2-3-6-23-13-17-27(18-14-23)28-19-15-25(16-20-28)8-5-4-7-24-9-11-26(12-10-24)21-29(30)22-31/h13-14,17-18,21,24-26,28H,2-12,15-16,19-20H2,1H3/t24-,25-,26-,28-. The lowest BCUT2D eigenvalue weighted by molar-refractivity contribution is 0.272. The number of aryl methyl sites for hydroxylation is 1. The Hall–Kier alpha value is -1.62. The Labute approximate surface area is 190 Å². The molecule has 3 rings (SSSR count). The fourth-order valence-corrected chi connectivity index (χ4v) is 5.88. The molecule has 31 heavy (non-hydrogen) atoms. The zero-order valence-electron chi connectivity index (χ0n) is 19.6. The van der Waals surface area contributed by atoms with Crippen LogP contribution in [0.5, 0.6) is 0 Å². The number of rotatable bonds is 10. The van der Waals surface area contributed by atoms with Crippen LogP contribution in [0.4, 0.5) is 4.39 Å². The van der Waals surface area contributed by atoms with Crippen LogP contribution in [-0.2, 0) is 6.42 Å². The van der Waals surface area contributed by atoms with Gasteiger partial charge in [-0.1, -0.05) is 63.3 Å². The minimum absolute atomic E-state index is 0.290. The third-order valence-corrected chi connectivity index (χ3v) is 7.97. The van der Waals surface area contributed by atoms with E-state index in [-0.39, 0.29) is 0 Å².